The van der Waals surface area contributed by atoms with Crippen LogP contribution in [0.25, 0.3) is 17.1 Å². The van der Waals surface area contributed by atoms with Gasteiger partial charge in [0.1, 0.15) is 11.5 Å². The highest BCUT2D eigenvalue weighted by atomic mass is 35.5. The molecule has 0 aliphatic heterocycles. The van der Waals surface area contributed by atoms with E-state index in [1.807, 2.05) is 0 Å². The zero-order valence-corrected chi connectivity index (χ0v) is 19.4. The number of halogens is 10. The van der Waals surface area contributed by atoms with Crippen LogP contribution >= 0.6 is 11.6 Å². The first-order chi connectivity index (χ1) is 17.4. The Hall–Kier alpha value is -3.75. The molecule has 0 unspecified atom stereocenters. The molecule has 2 N–H and O–H groups in total. The molecule has 0 fully saturated rings. The van der Waals surface area contributed by atoms with E-state index >= 15 is 0 Å². The average molecular weight is 574 g/mol. The van der Waals surface area contributed by atoms with Crippen LogP contribution < -0.4 is 11.3 Å². The topological polar surface area (TPSA) is 87.2 Å². The Kier molecular flexibility index (Phi) is 7.47. The Morgan fingerprint density at radius 1 is 0.974 bits per heavy atom. The summed E-state index contributed by atoms with van der Waals surface area (Å²) in [7, 11) is 0. The standard InChI is InChI=1S/C22H13ClF9N3O3/c1-2-38-19(37)12-8-10(4-6-14(12)23)35-17(34-16(22(30,31)32)15(33)18(35)36)11-5-3-9(20(24,25)26)7-13(11)21(27,28)29/h3-8H,2,33H2,1H3. The van der Waals surface area contributed by atoms with Gasteiger partial charge in [-0.15, -0.1) is 0 Å². The van der Waals surface area contributed by atoms with Gasteiger partial charge in [-0.1, -0.05) is 17.7 Å². The van der Waals surface area contributed by atoms with E-state index in [-0.39, 0.29) is 34.4 Å². The smallest absolute Gasteiger partial charge is 0.435 e. The summed E-state index contributed by atoms with van der Waals surface area (Å²) in [6.07, 6.45) is -16.2. The summed E-state index contributed by atoms with van der Waals surface area (Å²) in [6, 6.07) is 2.82. The molecular weight excluding hydrogens is 561 g/mol. The van der Waals surface area contributed by atoms with Crippen LogP contribution in [0.1, 0.15) is 34.1 Å². The SMILES string of the molecule is CCOC(=O)c1cc(-n2c(-c3ccc(C(F)(F)F)cc3C(F)(F)F)nc(C(F)(F)F)c(N)c2=O)ccc1Cl. The third kappa shape index (κ3) is 5.56. The van der Waals surface area contributed by atoms with Crippen molar-refractivity contribution in [1.29, 1.82) is 0 Å². The van der Waals surface area contributed by atoms with E-state index in [4.69, 9.17) is 22.1 Å². The van der Waals surface area contributed by atoms with Gasteiger partial charge in [-0.05, 0) is 37.3 Å². The molecule has 0 atom stereocenters. The number of anilines is 1. The van der Waals surface area contributed by atoms with Crippen molar-refractivity contribution in [3.8, 4) is 17.1 Å². The van der Waals surface area contributed by atoms with Crippen LogP contribution in [0.4, 0.5) is 45.2 Å². The Labute approximate surface area is 211 Å². The fraction of sp³-hybridized carbons (Fsp3) is 0.227. The van der Waals surface area contributed by atoms with Crippen LogP contribution in [0.5, 0.6) is 0 Å². The summed E-state index contributed by atoms with van der Waals surface area (Å²) in [5.41, 5.74) is -6.03. The van der Waals surface area contributed by atoms with E-state index in [1.54, 1.807) is 0 Å². The molecule has 2 aromatic carbocycles. The summed E-state index contributed by atoms with van der Waals surface area (Å²) in [4.78, 5) is 28.4. The Morgan fingerprint density at radius 3 is 2.13 bits per heavy atom. The van der Waals surface area contributed by atoms with Crippen molar-refractivity contribution in [3.63, 3.8) is 0 Å². The van der Waals surface area contributed by atoms with Crippen LogP contribution in [0, 0.1) is 0 Å². The number of alkyl halides is 9. The van der Waals surface area contributed by atoms with Crippen LogP contribution in [-0.4, -0.2) is 22.1 Å². The lowest BCUT2D eigenvalue weighted by Crippen LogP contribution is -2.30. The molecule has 0 aliphatic carbocycles. The molecule has 6 nitrogen and oxygen atoms in total. The largest absolute Gasteiger partial charge is 0.462 e. The quantitative estimate of drug-likeness (QED) is 0.290. The average Bonchev–Trinajstić information content (AvgIpc) is 2.79. The molecule has 0 amide bonds. The van der Waals surface area contributed by atoms with Gasteiger partial charge in [-0.25, -0.2) is 9.78 Å². The minimum absolute atomic E-state index is 0.139. The van der Waals surface area contributed by atoms with E-state index in [9.17, 15) is 49.1 Å². The maximum absolute atomic E-state index is 13.9. The van der Waals surface area contributed by atoms with E-state index in [0.717, 1.165) is 18.2 Å². The minimum Gasteiger partial charge on any atom is -0.462 e. The number of esters is 1. The van der Waals surface area contributed by atoms with Crippen LogP contribution in [0.2, 0.25) is 5.02 Å². The number of carbonyl (C=O) groups excluding carboxylic acids is 1. The molecule has 204 valence electrons. The number of rotatable bonds is 4. The molecule has 1 aromatic heterocycles. The Morgan fingerprint density at radius 2 is 1.61 bits per heavy atom. The molecule has 3 rings (SSSR count). The molecule has 0 spiro atoms. The van der Waals surface area contributed by atoms with Crippen LogP contribution in [0.3, 0.4) is 0 Å². The summed E-state index contributed by atoms with van der Waals surface area (Å²) >= 11 is 5.94. The van der Waals surface area contributed by atoms with Gasteiger partial charge in [-0.3, -0.25) is 9.36 Å². The van der Waals surface area contributed by atoms with Gasteiger partial charge in [0.15, 0.2) is 5.69 Å². The maximum Gasteiger partial charge on any atom is 0.435 e. The molecule has 1 heterocycles. The number of hydrogen-bond donors (Lipinski definition) is 1. The van der Waals surface area contributed by atoms with Crippen LogP contribution in [0.15, 0.2) is 41.2 Å². The lowest BCUT2D eigenvalue weighted by Gasteiger charge is -2.21. The Balaban J connectivity index is 2.50. The molecule has 0 saturated carbocycles. The van der Waals surface area contributed by atoms with E-state index in [1.165, 1.54) is 6.92 Å². The fourth-order valence-electron chi connectivity index (χ4n) is 3.34. The lowest BCUT2D eigenvalue weighted by atomic mass is 10.0. The maximum atomic E-state index is 13.9. The second-order valence-electron chi connectivity index (χ2n) is 7.48. The molecule has 16 heteroatoms. The number of carbonyl (C=O) groups is 1. The third-order valence-electron chi connectivity index (χ3n) is 4.98. The molecule has 0 radical (unpaired) electrons. The third-order valence-corrected chi connectivity index (χ3v) is 5.31. The van der Waals surface area contributed by atoms with Gasteiger partial charge in [0.05, 0.1) is 34.0 Å². The second kappa shape index (κ2) is 9.85. The van der Waals surface area contributed by atoms with E-state index in [0.29, 0.717) is 0 Å². The van der Waals surface area contributed by atoms with E-state index < -0.39 is 75.2 Å². The molecule has 0 saturated heterocycles. The van der Waals surface area contributed by atoms with Crippen LogP contribution in [-0.2, 0) is 23.3 Å². The first-order valence-corrected chi connectivity index (χ1v) is 10.5. The van der Waals surface area contributed by atoms with Gasteiger partial charge < -0.3 is 10.5 Å². The second-order valence-corrected chi connectivity index (χ2v) is 7.88. The highest BCUT2D eigenvalue weighted by Crippen LogP contribution is 2.42. The van der Waals surface area contributed by atoms with Gasteiger partial charge in [-0.2, -0.15) is 39.5 Å². The van der Waals surface area contributed by atoms with Gasteiger partial charge in [0, 0.05) is 5.56 Å². The summed E-state index contributed by atoms with van der Waals surface area (Å²) in [6.45, 7) is 1.29. The number of ether oxygens (including phenoxy) is 1. The number of nitrogen functional groups attached to an aromatic ring is 1. The van der Waals surface area contributed by atoms with Gasteiger partial charge in [0.2, 0.25) is 0 Å². The zero-order valence-electron chi connectivity index (χ0n) is 18.6. The summed E-state index contributed by atoms with van der Waals surface area (Å²) in [5, 5.41) is -0.250. The minimum atomic E-state index is -5.53. The van der Waals surface area contributed by atoms with Crippen molar-refractivity contribution in [2.45, 2.75) is 25.5 Å². The van der Waals surface area contributed by atoms with Crippen molar-refractivity contribution in [1.82, 2.24) is 9.55 Å². The normalized spacial score (nSPS) is 12.5. The summed E-state index contributed by atoms with van der Waals surface area (Å²) < 4.78 is 127. The number of hydrogen-bond acceptors (Lipinski definition) is 5. The highest BCUT2D eigenvalue weighted by Gasteiger charge is 2.42. The van der Waals surface area contributed by atoms with Crippen molar-refractivity contribution in [3.05, 3.63) is 74.2 Å². The first kappa shape index (κ1) is 28.8. The van der Waals surface area contributed by atoms with Crippen molar-refractivity contribution >= 4 is 23.3 Å². The zero-order chi connectivity index (χ0) is 28.8. The number of nitrogens with zero attached hydrogens (tertiary/aromatic N) is 2. The molecule has 3 aromatic rings. The Bertz CT molecular complexity index is 1460. The predicted octanol–water partition coefficient (Wildman–Crippen LogP) is 6.37. The predicted molar refractivity (Wildman–Crippen MR) is 116 cm³/mol. The van der Waals surface area contributed by atoms with E-state index in [2.05, 4.69) is 4.98 Å². The lowest BCUT2D eigenvalue weighted by molar-refractivity contribution is -0.142. The monoisotopic (exact) mass is 573 g/mol. The molecular formula is C22H13ClF9N3O3. The summed E-state index contributed by atoms with van der Waals surface area (Å²) in [5.74, 6) is -2.40. The number of benzene rings is 2. The molecule has 38 heavy (non-hydrogen) atoms. The van der Waals surface area contributed by atoms with Crippen molar-refractivity contribution < 1.29 is 49.0 Å². The fourth-order valence-corrected chi connectivity index (χ4v) is 3.53. The first-order valence-electron chi connectivity index (χ1n) is 10.1. The number of aromatic nitrogens is 2. The highest BCUT2D eigenvalue weighted by molar-refractivity contribution is 6.33. The van der Waals surface area contributed by atoms with Gasteiger partial charge >= 0.3 is 24.5 Å². The molecule has 0 bridgehead atoms. The molecule has 0 aliphatic rings. The van der Waals surface area contributed by atoms with Crippen molar-refractivity contribution in [2.24, 2.45) is 0 Å². The van der Waals surface area contributed by atoms with Crippen molar-refractivity contribution in [2.75, 3.05) is 12.3 Å². The van der Waals surface area contributed by atoms with Gasteiger partial charge in [0.25, 0.3) is 5.56 Å². The number of nitrogens with two attached hydrogens (primary N) is 1.